The van der Waals surface area contributed by atoms with Crippen LogP contribution in [-0.2, 0) is 10.2 Å². The average molecular weight is 298 g/mol. The van der Waals surface area contributed by atoms with E-state index in [-0.39, 0.29) is 24.0 Å². The number of amides is 1. The molecule has 20 heavy (non-hydrogen) atoms. The fourth-order valence-corrected chi connectivity index (χ4v) is 3.05. The molecule has 1 aromatic rings. The highest BCUT2D eigenvalue weighted by Gasteiger charge is 2.26. The Labute approximate surface area is 123 Å². The second-order valence-electron chi connectivity index (χ2n) is 6.16. The lowest BCUT2D eigenvalue weighted by Crippen LogP contribution is -2.38. The van der Waals surface area contributed by atoms with Crippen LogP contribution in [0.25, 0.3) is 0 Å². The highest BCUT2D eigenvalue weighted by Crippen LogP contribution is 2.27. The predicted molar refractivity (Wildman–Crippen MR) is 78.9 cm³/mol. The maximum absolute atomic E-state index is 12.0. The van der Waals surface area contributed by atoms with Crippen molar-refractivity contribution >= 4 is 22.4 Å². The summed E-state index contributed by atoms with van der Waals surface area (Å²) in [7, 11) is 0. The molecule has 1 unspecified atom stereocenters. The number of rotatable bonds is 4. The van der Waals surface area contributed by atoms with E-state index in [0.717, 1.165) is 24.4 Å². The highest BCUT2D eigenvalue weighted by molar-refractivity contribution is 7.15. The van der Waals surface area contributed by atoms with Gasteiger partial charge in [-0.05, 0) is 19.4 Å². The normalized spacial score (nSPS) is 20.3. The van der Waals surface area contributed by atoms with Gasteiger partial charge in [-0.1, -0.05) is 32.1 Å². The van der Waals surface area contributed by atoms with Gasteiger partial charge in [-0.15, -0.1) is 10.2 Å². The monoisotopic (exact) mass is 298 g/mol. The molecule has 0 aromatic carbocycles. The summed E-state index contributed by atoms with van der Waals surface area (Å²) in [5.41, 5.74) is -0.0580. The third kappa shape index (κ3) is 3.74. The van der Waals surface area contributed by atoms with E-state index in [1.54, 1.807) is 0 Å². The third-order valence-corrected chi connectivity index (χ3v) is 4.63. The molecule has 1 aliphatic heterocycles. The molecule has 2 heterocycles. The average Bonchev–Trinajstić information content (AvgIpc) is 2.97. The van der Waals surface area contributed by atoms with Crippen molar-refractivity contribution < 1.29 is 9.90 Å². The van der Waals surface area contributed by atoms with Gasteiger partial charge >= 0.3 is 0 Å². The molecule has 112 valence electrons. The van der Waals surface area contributed by atoms with Crippen LogP contribution in [0, 0.1) is 0 Å². The lowest BCUT2D eigenvalue weighted by atomic mass is 9.98. The van der Waals surface area contributed by atoms with Crippen molar-refractivity contribution in [2.24, 2.45) is 0 Å². The molecule has 6 nitrogen and oxygen atoms in total. The minimum Gasteiger partial charge on any atom is -0.395 e. The zero-order valence-corrected chi connectivity index (χ0v) is 13.0. The van der Waals surface area contributed by atoms with Gasteiger partial charge in [0.2, 0.25) is 11.0 Å². The molecule has 1 amide bonds. The number of hydrogen-bond donors (Lipinski definition) is 2. The van der Waals surface area contributed by atoms with Crippen LogP contribution in [0.5, 0.6) is 0 Å². The summed E-state index contributed by atoms with van der Waals surface area (Å²) in [6, 6.07) is 0.111. The Balaban J connectivity index is 1.90. The van der Waals surface area contributed by atoms with Crippen LogP contribution in [0.3, 0.4) is 0 Å². The van der Waals surface area contributed by atoms with E-state index in [1.165, 1.54) is 11.3 Å². The molecule has 0 aliphatic carbocycles. The highest BCUT2D eigenvalue weighted by atomic mass is 32.1. The van der Waals surface area contributed by atoms with Crippen molar-refractivity contribution in [3.8, 4) is 0 Å². The Hall–Kier alpha value is -1.05. The number of aromatic nitrogens is 2. The maximum atomic E-state index is 12.0. The number of carbonyl (C=O) groups is 1. The number of hydrogen-bond acceptors (Lipinski definition) is 6. The van der Waals surface area contributed by atoms with Gasteiger partial charge in [0.25, 0.3) is 0 Å². The Kier molecular flexibility index (Phi) is 4.72. The van der Waals surface area contributed by atoms with Crippen LogP contribution < -0.4 is 5.32 Å². The quantitative estimate of drug-likeness (QED) is 0.874. The molecule has 0 spiro atoms. The molecule has 0 saturated carbocycles. The van der Waals surface area contributed by atoms with Crippen molar-refractivity contribution in [3.05, 3.63) is 5.01 Å². The lowest BCUT2D eigenvalue weighted by Gasteiger charge is -2.21. The van der Waals surface area contributed by atoms with Gasteiger partial charge < -0.3 is 5.11 Å². The lowest BCUT2D eigenvalue weighted by molar-refractivity contribution is -0.117. The first-order chi connectivity index (χ1) is 9.40. The molecular formula is C13H22N4O2S. The van der Waals surface area contributed by atoms with Crippen LogP contribution in [0.4, 0.5) is 5.13 Å². The topological polar surface area (TPSA) is 78.4 Å². The van der Waals surface area contributed by atoms with E-state index in [9.17, 15) is 9.90 Å². The van der Waals surface area contributed by atoms with Crippen molar-refractivity contribution in [2.45, 2.75) is 45.1 Å². The summed E-state index contributed by atoms with van der Waals surface area (Å²) < 4.78 is 0. The fourth-order valence-electron chi connectivity index (χ4n) is 2.23. The minimum atomic E-state index is -0.0954. The fraction of sp³-hybridized carbons (Fsp3) is 0.769. The van der Waals surface area contributed by atoms with E-state index < -0.39 is 0 Å². The van der Waals surface area contributed by atoms with Gasteiger partial charge in [-0.25, -0.2) is 0 Å². The van der Waals surface area contributed by atoms with E-state index in [4.69, 9.17) is 0 Å². The summed E-state index contributed by atoms with van der Waals surface area (Å²) in [5, 5.41) is 21.6. The second kappa shape index (κ2) is 6.15. The number of likely N-dealkylation sites (tertiary alicyclic amines) is 1. The Morgan fingerprint density at radius 2 is 2.25 bits per heavy atom. The third-order valence-electron chi connectivity index (χ3n) is 3.37. The van der Waals surface area contributed by atoms with Gasteiger partial charge in [0.1, 0.15) is 5.01 Å². The molecule has 1 saturated heterocycles. The minimum absolute atomic E-state index is 0.0580. The van der Waals surface area contributed by atoms with Crippen molar-refractivity contribution in [3.63, 3.8) is 0 Å². The van der Waals surface area contributed by atoms with Crippen LogP contribution in [-0.4, -0.2) is 51.8 Å². The summed E-state index contributed by atoms with van der Waals surface area (Å²) >= 11 is 1.41. The molecular weight excluding hydrogens is 276 g/mol. The van der Waals surface area contributed by atoms with Gasteiger partial charge in [0.15, 0.2) is 0 Å². The molecule has 2 N–H and O–H groups in total. The Morgan fingerprint density at radius 1 is 1.50 bits per heavy atom. The molecule has 1 atom stereocenters. The summed E-state index contributed by atoms with van der Waals surface area (Å²) in [5.74, 6) is -0.0954. The van der Waals surface area contributed by atoms with Gasteiger partial charge in [0, 0.05) is 11.5 Å². The van der Waals surface area contributed by atoms with Crippen LogP contribution >= 0.6 is 11.3 Å². The second-order valence-corrected chi connectivity index (χ2v) is 7.14. The first-order valence-corrected chi connectivity index (χ1v) is 7.70. The predicted octanol–water partition coefficient (Wildman–Crippen LogP) is 1.23. The molecule has 2 rings (SSSR count). The van der Waals surface area contributed by atoms with E-state index in [1.807, 2.05) is 4.90 Å². The van der Waals surface area contributed by atoms with Gasteiger partial charge in [0.05, 0.1) is 13.2 Å². The van der Waals surface area contributed by atoms with Crippen LogP contribution in [0.1, 0.15) is 38.6 Å². The smallest absolute Gasteiger partial charge is 0.240 e. The van der Waals surface area contributed by atoms with Crippen molar-refractivity contribution in [2.75, 3.05) is 25.0 Å². The molecule has 1 fully saturated rings. The molecule has 1 aliphatic rings. The largest absolute Gasteiger partial charge is 0.395 e. The summed E-state index contributed by atoms with van der Waals surface area (Å²) in [6.07, 6.45) is 1.99. The summed E-state index contributed by atoms with van der Waals surface area (Å²) in [4.78, 5) is 14.0. The zero-order valence-electron chi connectivity index (χ0n) is 12.2. The molecule has 1 aromatic heterocycles. The van der Waals surface area contributed by atoms with Crippen molar-refractivity contribution in [1.82, 2.24) is 15.1 Å². The standard InChI is InChI=1S/C13H22N4O2S/c1-13(2,3)11-15-16-12(20-11)14-10(19)7-17-6-4-5-9(17)8-18/h9,18H,4-8H2,1-3H3,(H,14,16,19). The van der Waals surface area contributed by atoms with Gasteiger partial charge in [-0.2, -0.15) is 0 Å². The number of carbonyl (C=O) groups excluding carboxylic acids is 1. The van der Waals surface area contributed by atoms with Crippen molar-refractivity contribution in [1.29, 1.82) is 0 Å². The number of nitrogens with zero attached hydrogens (tertiary/aromatic N) is 3. The Morgan fingerprint density at radius 3 is 2.85 bits per heavy atom. The van der Waals surface area contributed by atoms with E-state index in [2.05, 4.69) is 36.3 Å². The SMILES string of the molecule is CC(C)(C)c1nnc(NC(=O)CN2CCCC2CO)s1. The molecule has 7 heteroatoms. The summed E-state index contributed by atoms with van der Waals surface area (Å²) in [6.45, 7) is 7.47. The maximum Gasteiger partial charge on any atom is 0.240 e. The van der Waals surface area contributed by atoms with E-state index in [0.29, 0.717) is 11.7 Å². The zero-order chi connectivity index (χ0) is 14.8. The molecule has 0 bridgehead atoms. The Bertz CT molecular complexity index is 469. The van der Waals surface area contributed by atoms with Crippen LogP contribution in [0.15, 0.2) is 0 Å². The van der Waals surface area contributed by atoms with Gasteiger partial charge in [-0.3, -0.25) is 15.0 Å². The van der Waals surface area contributed by atoms with E-state index >= 15 is 0 Å². The van der Waals surface area contributed by atoms with Crippen LogP contribution in [0.2, 0.25) is 0 Å². The number of aliphatic hydroxyl groups is 1. The number of anilines is 1. The first kappa shape index (κ1) is 15.3. The first-order valence-electron chi connectivity index (χ1n) is 6.89. The number of nitrogens with one attached hydrogen (secondary N) is 1. The molecule has 0 radical (unpaired) electrons. The number of aliphatic hydroxyl groups excluding tert-OH is 1.